The van der Waals surface area contributed by atoms with Crippen LogP contribution in [0.1, 0.15) is 0 Å². The number of thiophene rings is 1. The lowest BCUT2D eigenvalue weighted by Gasteiger charge is -2.26. The topological polar surface area (TPSA) is 16.4 Å². The van der Waals surface area contributed by atoms with Gasteiger partial charge in [0.05, 0.1) is 0 Å². The van der Waals surface area contributed by atoms with Crippen LogP contribution in [-0.4, -0.2) is 0 Å². The Hall–Kier alpha value is -7.98. The Balaban J connectivity index is 0.953. The van der Waals surface area contributed by atoms with Gasteiger partial charge in [-0.05, 0) is 127 Å². The minimum absolute atomic E-state index is 0.896. The summed E-state index contributed by atoms with van der Waals surface area (Å²) in [5.41, 5.74) is 12.2. The monoisotopic (exact) mass is 819 g/mol. The molecule has 0 spiro atoms. The summed E-state index contributed by atoms with van der Waals surface area (Å²) < 4.78 is 9.19. The number of fused-ring (bicyclic) bond motifs is 11. The zero-order valence-electron chi connectivity index (χ0n) is 34.1. The SMILES string of the molecule is c1cc(-c2ccc3oc4ccc5ccc6sc7ccccc7c6c5c4c3c2)cc(N(c2ccc(-c3cccc4ccccc34)cc2)c2ccc(-c3cccc4ccccc34)cc2)c1. The van der Waals surface area contributed by atoms with Gasteiger partial charge in [0.2, 0.25) is 0 Å². The second kappa shape index (κ2) is 14.3. The zero-order valence-corrected chi connectivity index (χ0v) is 34.9. The van der Waals surface area contributed by atoms with E-state index in [1.165, 1.54) is 80.1 Å². The number of benzene rings is 11. The van der Waals surface area contributed by atoms with Crippen molar-refractivity contribution in [1.29, 1.82) is 0 Å². The first kappa shape index (κ1) is 35.7. The van der Waals surface area contributed by atoms with Crippen LogP contribution in [0.3, 0.4) is 0 Å². The quantitative estimate of drug-likeness (QED) is 0.166. The molecule has 0 radical (unpaired) electrons. The Labute approximate surface area is 368 Å². The molecular weight excluding hydrogens is 783 g/mol. The molecule has 63 heavy (non-hydrogen) atoms. The highest BCUT2D eigenvalue weighted by Gasteiger charge is 2.19. The van der Waals surface area contributed by atoms with Crippen LogP contribution in [0.25, 0.3) is 108 Å². The van der Waals surface area contributed by atoms with Crippen molar-refractivity contribution in [1.82, 2.24) is 0 Å². The Morgan fingerprint density at radius 1 is 0.302 bits per heavy atom. The standard InChI is InChI=1S/C60H37NOS/c1-3-16-48-38(10-1)12-8-19-50(48)40-22-29-45(30-23-40)61(46-31-24-41(25-32-46)51-20-9-13-39-11-2-4-17-49(39)51)47-15-7-14-43(36-47)44-27-33-54-53(37-44)59-55(62-54)34-26-42-28-35-57-60(58(42)59)52-18-5-6-21-56(52)63-57/h1-37H. The van der Waals surface area contributed by atoms with Crippen molar-refractivity contribution >= 4 is 103 Å². The fourth-order valence-corrected chi connectivity index (χ4v) is 11.0. The molecule has 2 heterocycles. The molecule has 0 atom stereocenters. The lowest BCUT2D eigenvalue weighted by molar-refractivity contribution is 0.669. The largest absolute Gasteiger partial charge is 0.456 e. The van der Waals surface area contributed by atoms with Crippen molar-refractivity contribution < 1.29 is 4.42 Å². The van der Waals surface area contributed by atoms with Crippen LogP contribution < -0.4 is 4.90 Å². The van der Waals surface area contributed by atoms with Gasteiger partial charge in [0.25, 0.3) is 0 Å². The molecule has 0 aliphatic rings. The predicted octanol–water partition coefficient (Wildman–Crippen LogP) is 17.9. The molecule has 0 N–H and O–H groups in total. The Morgan fingerprint density at radius 2 is 0.857 bits per heavy atom. The van der Waals surface area contributed by atoms with Crippen LogP contribution in [0.2, 0.25) is 0 Å². The van der Waals surface area contributed by atoms with Gasteiger partial charge in [-0.2, -0.15) is 0 Å². The van der Waals surface area contributed by atoms with E-state index in [4.69, 9.17) is 4.42 Å². The number of hydrogen-bond acceptors (Lipinski definition) is 3. The molecule has 0 aliphatic heterocycles. The third kappa shape index (κ3) is 5.85. The molecule has 0 saturated heterocycles. The minimum atomic E-state index is 0.896. The van der Waals surface area contributed by atoms with E-state index in [0.29, 0.717) is 0 Å². The van der Waals surface area contributed by atoms with E-state index < -0.39 is 0 Å². The Kier molecular flexibility index (Phi) is 8.12. The molecule has 2 aromatic heterocycles. The second-order valence-electron chi connectivity index (χ2n) is 16.4. The van der Waals surface area contributed by atoms with E-state index in [1.807, 2.05) is 11.3 Å². The van der Waals surface area contributed by atoms with Crippen LogP contribution in [0.15, 0.2) is 229 Å². The maximum absolute atomic E-state index is 6.59. The third-order valence-corrected chi connectivity index (χ3v) is 14.0. The molecule has 0 aliphatic carbocycles. The van der Waals surface area contributed by atoms with Gasteiger partial charge in [-0.15, -0.1) is 11.3 Å². The predicted molar refractivity (Wildman–Crippen MR) is 270 cm³/mol. The van der Waals surface area contributed by atoms with Gasteiger partial charge in [0.15, 0.2) is 0 Å². The van der Waals surface area contributed by atoms with E-state index in [1.54, 1.807) is 0 Å². The molecule has 0 fully saturated rings. The van der Waals surface area contributed by atoms with Gasteiger partial charge in [-0.25, -0.2) is 0 Å². The summed E-state index contributed by atoms with van der Waals surface area (Å²) in [5.74, 6) is 0. The van der Waals surface area contributed by atoms with Gasteiger partial charge in [-0.3, -0.25) is 0 Å². The number of rotatable bonds is 6. The molecule has 0 saturated carbocycles. The molecule has 2 nitrogen and oxygen atoms in total. The summed E-state index contributed by atoms with van der Waals surface area (Å²) >= 11 is 1.86. The van der Waals surface area contributed by atoms with Gasteiger partial charge < -0.3 is 9.32 Å². The van der Waals surface area contributed by atoms with Crippen LogP contribution in [0.4, 0.5) is 17.1 Å². The maximum Gasteiger partial charge on any atom is 0.136 e. The van der Waals surface area contributed by atoms with E-state index in [0.717, 1.165) is 44.7 Å². The smallest absolute Gasteiger partial charge is 0.136 e. The van der Waals surface area contributed by atoms with Gasteiger partial charge >= 0.3 is 0 Å². The van der Waals surface area contributed by atoms with E-state index in [2.05, 4.69) is 229 Å². The Bertz CT molecular complexity index is 3770. The van der Waals surface area contributed by atoms with E-state index in [-0.39, 0.29) is 0 Å². The molecule has 3 heteroatoms. The highest BCUT2D eigenvalue weighted by molar-refractivity contribution is 7.26. The molecule has 11 aromatic carbocycles. The first-order chi connectivity index (χ1) is 31.2. The van der Waals surface area contributed by atoms with Crippen LogP contribution in [0.5, 0.6) is 0 Å². The lowest BCUT2D eigenvalue weighted by atomic mass is 9.96. The number of nitrogens with zero attached hydrogens (tertiary/aromatic N) is 1. The van der Waals surface area contributed by atoms with Crippen molar-refractivity contribution in [2.45, 2.75) is 0 Å². The van der Waals surface area contributed by atoms with Crippen molar-refractivity contribution in [2.75, 3.05) is 4.90 Å². The summed E-state index contributed by atoms with van der Waals surface area (Å²) in [5, 5.41) is 12.4. The van der Waals surface area contributed by atoms with Gasteiger partial charge in [0, 0.05) is 53.4 Å². The molecule has 0 bridgehead atoms. The van der Waals surface area contributed by atoms with E-state index in [9.17, 15) is 0 Å². The minimum Gasteiger partial charge on any atom is -0.456 e. The molecule has 13 rings (SSSR count). The van der Waals surface area contributed by atoms with Gasteiger partial charge in [0.1, 0.15) is 11.2 Å². The van der Waals surface area contributed by atoms with Crippen LogP contribution in [0, 0.1) is 0 Å². The maximum atomic E-state index is 6.59. The molecule has 0 amide bonds. The average Bonchev–Trinajstić information content (AvgIpc) is 3.93. The molecule has 0 unspecified atom stereocenters. The number of anilines is 3. The first-order valence-electron chi connectivity index (χ1n) is 21.5. The van der Waals surface area contributed by atoms with Gasteiger partial charge in [-0.1, -0.05) is 158 Å². The van der Waals surface area contributed by atoms with Crippen LogP contribution >= 0.6 is 11.3 Å². The normalized spacial score (nSPS) is 11.8. The second-order valence-corrected chi connectivity index (χ2v) is 17.5. The average molecular weight is 820 g/mol. The summed E-state index contributed by atoms with van der Waals surface area (Å²) in [4.78, 5) is 2.38. The highest BCUT2D eigenvalue weighted by atomic mass is 32.1. The number of hydrogen-bond donors (Lipinski definition) is 0. The Morgan fingerprint density at radius 3 is 1.56 bits per heavy atom. The van der Waals surface area contributed by atoms with Crippen molar-refractivity contribution in [3.63, 3.8) is 0 Å². The highest BCUT2D eigenvalue weighted by Crippen LogP contribution is 2.45. The lowest BCUT2D eigenvalue weighted by Crippen LogP contribution is -2.10. The fraction of sp³-hybridized carbons (Fsp3) is 0. The summed E-state index contributed by atoms with van der Waals surface area (Å²) in [6.45, 7) is 0. The summed E-state index contributed by atoms with van der Waals surface area (Å²) in [6.07, 6.45) is 0. The van der Waals surface area contributed by atoms with Crippen LogP contribution in [-0.2, 0) is 0 Å². The third-order valence-electron chi connectivity index (χ3n) is 12.8. The molecule has 13 aromatic rings. The first-order valence-corrected chi connectivity index (χ1v) is 22.3. The number of furan rings is 1. The summed E-state index contributed by atoms with van der Waals surface area (Å²) in [7, 11) is 0. The van der Waals surface area contributed by atoms with Crippen molar-refractivity contribution in [2.24, 2.45) is 0 Å². The van der Waals surface area contributed by atoms with Crippen molar-refractivity contribution in [3.05, 3.63) is 224 Å². The zero-order chi connectivity index (χ0) is 41.4. The summed E-state index contributed by atoms with van der Waals surface area (Å²) in [6, 6.07) is 81.7. The van der Waals surface area contributed by atoms with Crippen molar-refractivity contribution in [3.8, 4) is 33.4 Å². The molecule has 294 valence electrons. The van der Waals surface area contributed by atoms with E-state index >= 15 is 0 Å². The fourth-order valence-electron chi connectivity index (χ4n) is 9.88. The molecular formula is C60H37NOS.